The van der Waals surface area contributed by atoms with Gasteiger partial charge in [0.05, 0.1) is 11.4 Å². The number of benzene rings is 1. The average Bonchev–Trinajstić information content (AvgIpc) is 2.43. The maximum Gasteiger partial charge on any atom is 0.170 e. The topological polar surface area (TPSA) is 30.0 Å². The van der Waals surface area contributed by atoms with Crippen LogP contribution in [0.5, 0.6) is 0 Å². The molecule has 0 bridgehead atoms. The highest BCUT2D eigenvalue weighted by Crippen LogP contribution is 2.34. The van der Waals surface area contributed by atoms with E-state index in [9.17, 15) is 4.79 Å². The van der Waals surface area contributed by atoms with Crippen LogP contribution in [0.1, 0.15) is 41.9 Å². The number of carbonyl (C=O) groups is 1. The van der Waals surface area contributed by atoms with Crippen LogP contribution in [0.2, 0.25) is 0 Å². The number of aryl methyl sites for hydroxylation is 2. The molecule has 2 nitrogen and oxygen atoms in total. The molecule has 0 aliphatic heterocycles. The first kappa shape index (κ1) is 13.0. The summed E-state index contributed by atoms with van der Waals surface area (Å²) in [6.45, 7) is 6.12. The minimum Gasteiger partial charge on any atom is -0.294 e. The smallest absolute Gasteiger partial charge is 0.170 e. The van der Waals surface area contributed by atoms with Crippen LogP contribution in [0.3, 0.4) is 0 Å². The van der Waals surface area contributed by atoms with E-state index in [1.807, 2.05) is 32.0 Å². The summed E-state index contributed by atoms with van der Waals surface area (Å²) >= 11 is 0. The molecule has 1 aliphatic rings. The minimum absolute atomic E-state index is 0.224. The third-order valence-electron chi connectivity index (χ3n) is 4.13. The molecule has 0 unspecified atom stereocenters. The van der Waals surface area contributed by atoms with Crippen LogP contribution in [0, 0.1) is 12.3 Å². The van der Waals surface area contributed by atoms with E-state index in [0.29, 0.717) is 0 Å². The van der Waals surface area contributed by atoms with E-state index >= 15 is 0 Å². The lowest BCUT2D eigenvalue weighted by Gasteiger charge is -2.29. The predicted molar refractivity (Wildman–Crippen MR) is 80.8 cm³/mol. The van der Waals surface area contributed by atoms with E-state index in [1.165, 1.54) is 5.56 Å². The molecule has 0 amide bonds. The quantitative estimate of drug-likeness (QED) is 0.773. The van der Waals surface area contributed by atoms with Gasteiger partial charge in [-0.1, -0.05) is 37.6 Å². The van der Waals surface area contributed by atoms with Crippen molar-refractivity contribution in [1.29, 1.82) is 0 Å². The average molecular weight is 265 g/mol. The summed E-state index contributed by atoms with van der Waals surface area (Å²) in [7, 11) is 0. The van der Waals surface area contributed by atoms with Gasteiger partial charge < -0.3 is 0 Å². The summed E-state index contributed by atoms with van der Waals surface area (Å²) in [4.78, 5) is 17.1. The Morgan fingerprint density at radius 1 is 1.15 bits per heavy atom. The minimum atomic E-state index is -0.250. The lowest BCUT2D eigenvalue weighted by Crippen LogP contribution is -2.31. The maximum absolute atomic E-state index is 12.4. The van der Waals surface area contributed by atoms with Crippen molar-refractivity contribution in [3.63, 3.8) is 0 Å². The van der Waals surface area contributed by atoms with Crippen molar-refractivity contribution >= 4 is 5.78 Å². The number of aromatic nitrogens is 1. The zero-order valence-electron chi connectivity index (χ0n) is 12.2. The Hall–Kier alpha value is -1.96. The van der Waals surface area contributed by atoms with E-state index in [2.05, 4.69) is 25.1 Å². The number of hydrogen-bond acceptors (Lipinski definition) is 2. The fourth-order valence-electron chi connectivity index (χ4n) is 2.77. The van der Waals surface area contributed by atoms with Gasteiger partial charge in [-0.3, -0.25) is 9.78 Å². The SMILES string of the molecule is Cc1cccc(-c2ccc3c(n2)CCC(C)(C)C3=O)c1. The van der Waals surface area contributed by atoms with Gasteiger partial charge in [0.15, 0.2) is 5.78 Å². The lowest BCUT2D eigenvalue weighted by molar-refractivity contribution is 0.0809. The zero-order valence-corrected chi connectivity index (χ0v) is 12.2. The van der Waals surface area contributed by atoms with Crippen LogP contribution < -0.4 is 0 Å². The highest BCUT2D eigenvalue weighted by atomic mass is 16.1. The second kappa shape index (κ2) is 4.55. The summed E-state index contributed by atoms with van der Waals surface area (Å²) in [5.74, 6) is 0.224. The molecule has 0 saturated heterocycles. The second-order valence-corrected chi connectivity index (χ2v) is 6.27. The first-order valence-corrected chi connectivity index (χ1v) is 7.09. The van der Waals surface area contributed by atoms with E-state index in [1.54, 1.807) is 0 Å². The molecule has 0 fully saturated rings. The van der Waals surface area contributed by atoms with E-state index in [4.69, 9.17) is 4.98 Å². The van der Waals surface area contributed by atoms with Crippen LogP contribution in [-0.2, 0) is 6.42 Å². The summed E-state index contributed by atoms with van der Waals surface area (Å²) in [5.41, 5.74) is 4.80. The van der Waals surface area contributed by atoms with Gasteiger partial charge in [0, 0.05) is 16.5 Å². The van der Waals surface area contributed by atoms with E-state index < -0.39 is 0 Å². The molecule has 2 aromatic rings. The van der Waals surface area contributed by atoms with E-state index in [-0.39, 0.29) is 11.2 Å². The molecular weight excluding hydrogens is 246 g/mol. The van der Waals surface area contributed by atoms with Gasteiger partial charge in [-0.05, 0) is 38.0 Å². The summed E-state index contributed by atoms with van der Waals surface area (Å²) in [5, 5.41) is 0. The Balaban J connectivity index is 2.05. The molecule has 102 valence electrons. The normalized spacial score (nSPS) is 16.9. The monoisotopic (exact) mass is 265 g/mol. The molecule has 20 heavy (non-hydrogen) atoms. The van der Waals surface area contributed by atoms with Gasteiger partial charge in [0.2, 0.25) is 0 Å². The Morgan fingerprint density at radius 2 is 1.95 bits per heavy atom. The van der Waals surface area contributed by atoms with Crippen molar-refractivity contribution in [2.24, 2.45) is 5.41 Å². The fourth-order valence-corrected chi connectivity index (χ4v) is 2.77. The molecule has 1 aromatic carbocycles. The number of hydrogen-bond donors (Lipinski definition) is 0. The fraction of sp³-hybridized carbons (Fsp3) is 0.333. The Morgan fingerprint density at radius 3 is 2.70 bits per heavy atom. The number of nitrogens with zero attached hydrogens (tertiary/aromatic N) is 1. The number of fused-ring (bicyclic) bond motifs is 1. The number of Topliss-reactive ketones (excluding diaryl/α,β-unsaturated/α-hetero) is 1. The number of pyridine rings is 1. The molecule has 2 heteroatoms. The third kappa shape index (κ3) is 2.15. The Kier molecular flexibility index (Phi) is 2.97. The second-order valence-electron chi connectivity index (χ2n) is 6.27. The first-order chi connectivity index (χ1) is 9.47. The highest BCUT2D eigenvalue weighted by molar-refractivity contribution is 6.02. The lowest BCUT2D eigenvalue weighted by atomic mass is 9.75. The summed E-state index contributed by atoms with van der Waals surface area (Å²) < 4.78 is 0. The molecule has 3 rings (SSSR count). The molecule has 0 spiro atoms. The van der Waals surface area contributed by atoms with Crippen LogP contribution in [0.4, 0.5) is 0 Å². The van der Waals surface area contributed by atoms with Crippen LogP contribution in [-0.4, -0.2) is 10.8 Å². The van der Waals surface area contributed by atoms with Crippen molar-refractivity contribution in [1.82, 2.24) is 4.98 Å². The van der Waals surface area contributed by atoms with Crippen molar-refractivity contribution in [2.75, 3.05) is 0 Å². The molecule has 1 aliphatic carbocycles. The van der Waals surface area contributed by atoms with Crippen molar-refractivity contribution in [3.05, 3.63) is 53.2 Å². The molecule has 0 N–H and O–H groups in total. The molecule has 1 heterocycles. The van der Waals surface area contributed by atoms with Crippen LogP contribution >= 0.6 is 0 Å². The van der Waals surface area contributed by atoms with Crippen LogP contribution in [0.15, 0.2) is 36.4 Å². The summed E-state index contributed by atoms with van der Waals surface area (Å²) in [6.07, 6.45) is 1.76. The Bertz CT molecular complexity index is 686. The van der Waals surface area contributed by atoms with Gasteiger partial charge in [0.1, 0.15) is 0 Å². The number of carbonyl (C=O) groups excluding carboxylic acids is 1. The Labute approximate surface area is 119 Å². The molecular formula is C18H19NO. The van der Waals surface area contributed by atoms with Gasteiger partial charge in [-0.25, -0.2) is 0 Å². The molecule has 0 saturated carbocycles. The standard InChI is InChI=1S/C18H19NO/c1-12-5-4-6-13(11-12)15-8-7-14-16(19-15)9-10-18(2,3)17(14)20/h4-8,11H,9-10H2,1-3H3. The highest BCUT2D eigenvalue weighted by Gasteiger charge is 2.34. The van der Waals surface area contributed by atoms with Gasteiger partial charge in [0.25, 0.3) is 0 Å². The third-order valence-corrected chi connectivity index (χ3v) is 4.13. The van der Waals surface area contributed by atoms with Gasteiger partial charge in [-0.2, -0.15) is 0 Å². The maximum atomic E-state index is 12.4. The largest absolute Gasteiger partial charge is 0.294 e. The zero-order chi connectivity index (χ0) is 14.3. The van der Waals surface area contributed by atoms with Crippen molar-refractivity contribution in [3.8, 4) is 11.3 Å². The number of ketones is 1. The number of rotatable bonds is 1. The van der Waals surface area contributed by atoms with Gasteiger partial charge >= 0.3 is 0 Å². The molecule has 0 radical (unpaired) electrons. The van der Waals surface area contributed by atoms with E-state index in [0.717, 1.165) is 35.4 Å². The predicted octanol–water partition coefficient (Wildman–Crippen LogP) is 4.21. The molecule has 0 atom stereocenters. The van der Waals surface area contributed by atoms with Gasteiger partial charge in [-0.15, -0.1) is 0 Å². The van der Waals surface area contributed by atoms with Crippen molar-refractivity contribution in [2.45, 2.75) is 33.6 Å². The first-order valence-electron chi connectivity index (χ1n) is 7.09. The van der Waals surface area contributed by atoms with Crippen LogP contribution in [0.25, 0.3) is 11.3 Å². The summed E-state index contributed by atoms with van der Waals surface area (Å²) in [6, 6.07) is 12.2. The van der Waals surface area contributed by atoms with Crippen molar-refractivity contribution < 1.29 is 4.79 Å². The molecule has 1 aromatic heterocycles.